The molecule has 1 unspecified atom stereocenters. The normalized spacial score (nSPS) is 13.6. The van der Waals surface area contributed by atoms with Crippen LogP contribution in [0.4, 0.5) is 0 Å². The highest BCUT2D eigenvalue weighted by molar-refractivity contribution is 5.71. The quantitative estimate of drug-likeness (QED) is 0.0200. The molecule has 0 rings (SSSR count). The predicted octanol–water partition coefficient (Wildman–Crippen LogP) is 16.4. The van der Waals surface area contributed by atoms with E-state index in [0.717, 1.165) is 103 Å². The van der Waals surface area contributed by atoms with Gasteiger partial charge in [0.05, 0.1) is 0 Å². The number of unbranched alkanes of at least 4 members (excludes halogenated alkanes) is 9. The number of allylic oxidation sites excluding steroid dienone is 28. The third kappa shape index (κ3) is 49.6. The molecule has 0 saturated heterocycles. The van der Waals surface area contributed by atoms with Crippen LogP contribution in [0.3, 0.4) is 0 Å². The van der Waals surface area contributed by atoms with E-state index in [1.807, 2.05) is 85.1 Å². The van der Waals surface area contributed by atoms with Crippen LogP contribution in [0.1, 0.15) is 162 Å². The molecule has 0 spiro atoms. The average molecular weight is 891 g/mol. The van der Waals surface area contributed by atoms with Gasteiger partial charge in [-0.3, -0.25) is 14.4 Å². The van der Waals surface area contributed by atoms with Crippen LogP contribution < -0.4 is 0 Å². The summed E-state index contributed by atoms with van der Waals surface area (Å²) in [6, 6.07) is 0. The number of carbonyl (C=O) groups excluding carboxylic acids is 3. The van der Waals surface area contributed by atoms with Gasteiger partial charge in [-0.25, -0.2) is 0 Å². The van der Waals surface area contributed by atoms with Crippen molar-refractivity contribution in [3.8, 4) is 0 Å². The maximum Gasteiger partial charge on any atom is 0.306 e. The molecule has 0 aromatic heterocycles. The topological polar surface area (TPSA) is 78.9 Å². The lowest BCUT2D eigenvalue weighted by molar-refractivity contribution is -0.166. The summed E-state index contributed by atoms with van der Waals surface area (Å²) in [5.41, 5.74) is 0. The van der Waals surface area contributed by atoms with E-state index in [2.05, 4.69) is 106 Å². The Bertz CT molecular complexity index is 1590. The van der Waals surface area contributed by atoms with Crippen LogP contribution in [-0.2, 0) is 28.6 Å². The number of esters is 3. The Kier molecular flexibility index (Phi) is 47.3. The molecule has 0 aliphatic heterocycles. The minimum Gasteiger partial charge on any atom is -0.462 e. The lowest BCUT2D eigenvalue weighted by Gasteiger charge is -2.18. The average Bonchev–Trinajstić information content (AvgIpc) is 3.30. The van der Waals surface area contributed by atoms with Gasteiger partial charge in [0.25, 0.3) is 0 Å². The summed E-state index contributed by atoms with van der Waals surface area (Å²) in [7, 11) is 0. The van der Waals surface area contributed by atoms with Gasteiger partial charge >= 0.3 is 17.9 Å². The van der Waals surface area contributed by atoms with E-state index in [1.54, 1.807) is 0 Å². The maximum absolute atomic E-state index is 12.8. The number of ether oxygens (including phenoxy) is 3. The predicted molar refractivity (Wildman–Crippen MR) is 278 cm³/mol. The monoisotopic (exact) mass is 891 g/mol. The van der Waals surface area contributed by atoms with Gasteiger partial charge in [-0.15, -0.1) is 0 Å². The van der Waals surface area contributed by atoms with Gasteiger partial charge < -0.3 is 14.2 Å². The molecule has 0 aliphatic carbocycles. The molecule has 0 N–H and O–H groups in total. The van der Waals surface area contributed by atoms with Gasteiger partial charge in [0.15, 0.2) is 6.10 Å². The van der Waals surface area contributed by atoms with E-state index in [-0.39, 0.29) is 38.0 Å². The molecule has 0 heterocycles. The zero-order valence-corrected chi connectivity index (χ0v) is 40.7. The molecular formula is C59H86O6. The van der Waals surface area contributed by atoms with Crippen molar-refractivity contribution in [2.75, 3.05) is 13.2 Å². The molecule has 0 aliphatic rings. The first kappa shape index (κ1) is 59.8. The lowest BCUT2D eigenvalue weighted by atomic mass is 10.1. The first-order valence-corrected chi connectivity index (χ1v) is 24.8. The Morgan fingerprint density at radius 3 is 1.17 bits per heavy atom. The van der Waals surface area contributed by atoms with Crippen LogP contribution in [0.5, 0.6) is 0 Å². The molecule has 1 atom stereocenters. The van der Waals surface area contributed by atoms with Gasteiger partial charge in [0.2, 0.25) is 0 Å². The van der Waals surface area contributed by atoms with Crippen molar-refractivity contribution in [2.45, 2.75) is 168 Å². The van der Waals surface area contributed by atoms with Gasteiger partial charge in [-0.2, -0.15) is 0 Å². The SMILES string of the molecule is CC/C=C/C=C/C=C/C=C/CCCCCC(=O)OCC(COC(=O)CCCCCCC/C=C/C=C/C=C/C=C/C=C/CCC)OC(=O)CC/C=C/C/C=C/C/C=C/C/C=C/C/C=C/CC. The summed E-state index contributed by atoms with van der Waals surface area (Å²) in [6.07, 6.45) is 76.3. The van der Waals surface area contributed by atoms with Crippen LogP contribution in [0.2, 0.25) is 0 Å². The van der Waals surface area contributed by atoms with Crippen molar-refractivity contribution in [2.24, 2.45) is 0 Å². The van der Waals surface area contributed by atoms with E-state index < -0.39 is 12.1 Å². The first-order chi connectivity index (χ1) is 32.0. The van der Waals surface area contributed by atoms with Gasteiger partial charge in [0, 0.05) is 19.3 Å². The van der Waals surface area contributed by atoms with Gasteiger partial charge in [-0.05, 0) is 89.9 Å². The molecule has 0 fully saturated rings. The Balaban J connectivity index is 4.65. The van der Waals surface area contributed by atoms with Crippen molar-refractivity contribution in [1.29, 1.82) is 0 Å². The van der Waals surface area contributed by atoms with Crippen LogP contribution in [0, 0.1) is 0 Å². The molecule has 6 nitrogen and oxygen atoms in total. The smallest absolute Gasteiger partial charge is 0.306 e. The van der Waals surface area contributed by atoms with Crippen molar-refractivity contribution in [3.05, 3.63) is 170 Å². The number of hydrogen-bond acceptors (Lipinski definition) is 6. The van der Waals surface area contributed by atoms with Crippen molar-refractivity contribution in [1.82, 2.24) is 0 Å². The Morgan fingerprint density at radius 2 is 0.708 bits per heavy atom. The molecule has 358 valence electrons. The van der Waals surface area contributed by atoms with Crippen LogP contribution in [0.25, 0.3) is 0 Å². The van der Waals surface area contributed by atoms with Crippen LogP contribution >= 0.6 is 0 Å². The second kappa shape index (κ2) is 51.4. The molecular weight excluding hydrogens is 805 g/mol. The third-order valence-electron chi connectivity index (χ3n) is 9.40. The van der Waals surface area contributed by atoms with E-state index in [0.29, 0.717) is 19.3 Å². The molecule has 0 aromatic rings. The Labute approximate surface area is 396 Å². The summed E-state index contributed by atoms with van der Waals surface area (Å²) in [5, 5.41) is 0. The molecule has 0 radical (unpaired) electrons. The lowest BCUT2D eigenvalue weighted by Crippen LogP contribution is -2.30. The highest BCUT2D eigenvalue weighted by atomic mass is 16.6. The van der Waals surface area contributed by atoms with Crippen molar-refractivity contribution >= 4 is 17.9 Å². The second-order valence-corrected chi connectivity index (χ2v) is 15.5. The number of carbonyl (C=O) groups is 3. The summed E-state index contributed by atoms with van der Waals surface area (Å²) >= 11 is 0. The standard InChI is InChI=1S/C59H86O6/c1-4-7-10-13-16-19-22-25-27-29-30-32-34-37-40-43-46-49-52-58(61)64-55-56(54-63-57(60)51-48-45-42-39-36-33-24-21-18-15-12-9-6-3)65-59(62)53-50-47-44-41-38-35-31-28-26-23-20-17-14-11-8-5-2/h8-13,15-22,24-30,32-33,35-36,38,44,47,56H,4-7,14,23,31,34,37,39-43,45-46,48-55H2,1-3H3/b11-8+,12-9+,13-10+,18-15+,19-16+,20-17+,24-21+,25-22+,28-26+,29-27+,32-30+,36-33+,38-35+,47-44+. The molecule has 0 saturated carbocycles. The van der Waals surface area contributed by atoms with Crippen LogP contribution in [-0.4, -0.2) is 37.2 Å². The van der Waals surface area contributed by atoms with E-state index in [9.17, 15) is 14.4 Å². The highest BCUT2D eigenvalue weighted by Crippen LogP contribution is 2.11. The summed E-state index contributed by atoms with van der Waals surface area (Å²) < 4.78 is 16.6. The summed E-state index contributed by atoms with van der Waals surface area (Å²) in [4.78, 5) is 37.9. The van der Waals surface area contributed by atoms with Crippen molar-refractivity contribution < 1.29 is 28.6 Å². The van der Waals surface area contributed by atoms with E-state index in [1.165, 1.54) is 6.42 Å². The van der Waals surface area contributed by atoms with Gasteiger partial charge in [-0.1, -0.05) is 223 Å². The number of hydrogen-bond donors (Lipinski definition) is 0. The van der Waals surface area contributed by atoms with E-state index >= 15 is 0 Å². The zero-order chi connectivity index (χ0) is 47.2. The highest BCUT2D eigenvalue weighted by Gasteiger charge is 2.19. The Morgan fingerprint density at radius 1 is 0.338 bits per heavy atom. The van der Waals surface area contributed by atoms with Gasteiger partial charge in [0.1, 0.15) is 13.2 Å². The summed E-state index contributed by atoms with van der Waals surface area (Å²) in [5.74, 6) is -1.11. The number of rotatable bonds is 41. The molecule has 0 aromatic carbocycles. The largest absolute Gasteiger partial charge is 0.462 e. The fraction of sp³-hybridized carbons (Fsp3) is 0.475. The van der Waals surface area contributed by atoms with Crippen molar-refractivity contribution in [3.63, 3.8) is 0 Å². The molecule has 65 heavy (non-hydrogen) atoms. The fourth-order valence-corrected chi connectivity index (χ4v) is 5.76. The Hall–Kier alpha value is -5.23. The summed E-state index contributed by atoms with van der Waals surface area (Å²) in [6.45, 7) is 6.13. The second-order valence-electron chi connectivity index (χ2n) is 15.5. The molecule has 0 bridgehead atoms. The maximum atomic E-state index is 12.8. The third-order valence-corrected chi connectivity index (χ3v) is 9.40. The minimum atomic E-state index is -0.854. The minimum absolute atomic E-state index is 0.144. The first-order valence-electron chi connectivity index (χ1n) is 24.8. The molecule has 6 heteroatoms. The zero-order valence-electron chi connectivity index (χ0n) is 40.7. The van der Waals surface area contributed by atoms with Crippen LogP contribution in [0.15, 0.2) is 170 Å². The molecule has 0 amide bonds. The fourth-order valence-electron chi connectivity index (χ4n) is 5.76. The van der Waals surface area contributed by atoms with E-state index in [4.69, 9.17) is 14.2 Å².